The third kappa shape index (κ3) is 4.47. The number of hydrogen-bond donors (Lipinski definition) is 1. The number of carbonyl (C=O) groups is 1. The van der Waals surface area contributed by atoms with E-state index in [0.717, 1.165) is 11.8 Å². The average molecular weight is 413 g/mol. The van der Waals surface area contributed by atoms with E-state index >= 15 is 0 Å². The van der Waals surface area contributed by atoms with Gasteiger partial charge in [-0.25, -0.2) is 0 Å². The number of aryl methyl sites for hydroxylation is 1. The van der Waals surface area contributed by atoms with Crippen LogP contribution >= 0.6 is 11.6 Å². The Morgan fingerprint density at radius 3 is 2.50 bits per heavy atom. The predicted octanol–water partition coefficient (Wildman–Crippen LogP) is 4.95. The Labute approximate surface area is 166 Å². The van der Waals surface area contributed by atoms with Crippen LogP contribution in [0.4, 0.5) is 13.2 Å². The van der Waals surface area contributed by atoms with Gasteiger partial charge in [0.2, 0.25) is 0 Å². The maximum absolute atomic E-state index is 13.4. The molecule has 2 aromatic rings. The monoisotopic (exact) mass is 412 g/mol. The van der Waals surface area contributed by atoms with E-state index in [1.54, 1.807) is 12.1 Å². The lowest BCUT2D eigenvalue weighted by Crippen LogP contribution is -2.39. The fourth-order valence-corrected chi connectivity index (χ4v) is 3.84. The number of carboxylic acids is 1. The van der Waals surface area contributed by atoms with Crippen LogP contribution in [0.5, 0.6) is 0 Å². The number of nitrogens with zero attached hydrogens (tertiary/aromatic N) is 2. The fourth-order valence-electron chi connectivity index (χ4n) is 3.62. The molecular formula is C20H20ClF3N2O2. The SMILES string of the molecule is Cc1cccc(C(c2ccc(Cl)c(C(F)(F)F)c2)N2CCC(C(=O)O)CC2)n1. The van der Waals surface area contributed by atoms with E-state index in [9.17, 15) is 23.1 Å². The zero-order valence-electron chi connectivity index (χ0n) is 15.2. The molecule has 4 nitrogen and oxygen atoms in total. The Bertz CT molecular complexity index is 865. The van der Waals surface area contributed by atoms with Crippen molar-refractivity contribution >= 4 is 17.6 Å². The molecule has 3 rings (SSSR count). The lowest BCUT2D eigenvalue weighted by Gasteiger charge is -2.36. The number of halogens is 4. The first-order chi connectivity index (χ1) is 13.2. The number of likely N-dealkylation sites (tertiary alicyclic amines) is 1. The number of carboxylic acid groups (broad SMARTS) is 1. The van der Waals surface area contributed by atoms with Gasteiger partial charge in [-0.3, -0.25) is 14.7 Å². The minimum absolute atomic E-state index is 0.350. The first kappa shape index (κ1) is 20.6. The van der Waals surface area contributed by atoms with Crippen LogP contribution < -0.4 is 0 Å². The summed E-state index contributed by atoms with van der Waals surface area (Å²) in [4.78, 5) is 17.7. The molecule has 2 heterocycles. The summed E-state index contributed by atoms with van der Waals surface area (Å²) >= 11 is 5.78. The van der Waals surface area contributed by atoms with Crippen LogP contribution in [0.3, 0.4) is 0 Å². The van der Waals surface area contributed by atoms with Crippen molar-refractivity contribution in [3.8, 4) is 0 Å². The van der Waals surface area contributed by atoms with Crippen molar-refractivity contribution in [2.24, 2.45) is 5.92 Å². The molecule has 1 atom stereocenters. The molecule has 1 aromatic carbocycles. The van der Waals surface area contributed by atoms with Crippen LogP contribution in [-0.4, -0.2) is 34.0 Å². The molecule has 1 fully saturated rings. The van der Waals surface area contributed by atoms with Crippen molar-refractivity contribution < 1.29 is 23.1 Å². The first-order valence-electron chi connectivity index (χ1n) is 8.94. The minimum atomic E-state index is -4.56. The molecule has 28 heavy (non-hydrogen) atoms. The third-order valence-corrected chi connectivity index (χ3v) is 5.38. The number of piperidine rings is 1. The van der Waals surface area contributed by atoms with Gasteiger partial charge in [0.15, 0.2) is 0 Å². The molecule has 8 heteroatoms. The van der Waals surface area contributed by atoms with Gasteiger partial charge in [-0.1, -0.05) is 23.7 Å². The van der Waals surface area contributed by atoms with Crippen molar-refractivity contribution in [3.63, 3.8) is 0 Å². The van der Waals surface area contributed by atoms with E-state index in [-0.39, 0.29) is 5.02 Å². The number of benzene rings is 1. The maximum Gasteiger partial charge on any atom is 0.417 e. The summed E-state index contributed by atoms with van der Waals surface area (Å²) < 4.78 is 40.1. The quantitative estimate of drug-likeness (QED) is 0.772. The molecule has 0 spiro atoms. The van der Waals surface area contributed by atoms with E-state index in [2.05, 4.69) is 4.98 Å². The first-order valence-corrected chi connectivity index (χ1v) is 9.31. The lowest BCUT2D eigenvalue weighted by molar-refractivity contribution is -0.143. The summed E-state index contributed by atoms with van der Waals surface area (Å²) in [6, 6.07) is 8.81. The molecule has 1 N–H and O–H groups in total. The van der Waals surface area contributed by atoms with E-state index < -0.39 is 29.7 Å². The summed E-state index contributed by atoms with van der Waals surface area (Å²) in [6.45, 7) is 2.74. The molecule has 0 radical (unpaired) electrons. The second-order valence-corrected chi connectivity index (χ2v) is 7.40. The Morgan fingerprint density at radius 2 is 1.93 bits per heavy atom. The van der Waals surface area contributed by atoms with E-state index in [4.69, 9.17) is 11.6 Å². The second-order valence-electron chi connectivity index (χ2n) is 6.99. The molecule has 0 bridgehead atoms. The van der Waals surface area contributed by atoms with Gasteiger partial charge < -0.3 is 5.11 Å². The number of hydrogen-bond acceptors (Lipinski definition) is 3. The number of aliphatic carboxylic acids is 1. The van der Waals surface area contributed by atoms with Gasteiger partial charge in [0.05, 0.1) is 28.2 Å². The summed E-state index contributed by atoms with van der Waals surface area (Å²) in [6.07, 6.45) is -3.68. The minimum Gasteiger partial charge on any atom is -0.481 e. The lowest BCUT2D eigenvalue weighted by atomic mass is 9.92. The molecule has 1 aromatic heterocycles. The smallest absolute Gasteiger partial charge is 0.417 e. The standard InChI is InChI=1S/C20H20ClF3N2O2/c1-12-3-2-4-17(25-12)18(26-9-7-13(8-10-26)19(27)28)14-5-6-16(21)15(11-14)20(22,23)24/h2-6,11,13,18H,7-10H2,1H3,(H,27,28). The second kappa shape index (κ2) is 8.09. The predicted molar refractivity (Wildman–Crippen MR) is 99.2 cm³/mol. The largest absolute Gasteiger partial charge is 0.481 e. The van der Waals surface area contributed by atoms with E-state index in [1.165, 1.54) is 6.07 Å². The van der Waals surface area contributed by atoms with Gasteiger partial charge in [-0.15, -0.1) is 0 Å². The Balaban J connectivity index is 2.02. The van der Waals surface area contributed by atoms with Gasteiger partial charge in [0.1, 0.15) is 0 Å². The van der Waals surface area contributed by atoms with Crippen LogP contribution in [-0.2, 0) is 11.0 Å². The molecule has 1 aliphatic heterocycles. The van der Waals surface area contributed by atoms with Crippen molar-refractivity contribution in [3.05, 3.63) is 63.9 Å². The molecule has 0 amide bonds. The highest BCUT2D eigenvalue weighted by Gasteiger charge is 2.36. The van der Waals surface area contributed by atoms with E-state index in [0.29, 0.717) is 37.2 Å². The Morgan fingerprint density at radius 1 is 1.25 bits per heavy atom. The van der Waals surface area contributed by atoms with Gasteiger partial charge in [0, 0.05) is 5.69 Å². The van der Waals surface area contributed by atoms with Crippen molar-refractivity contribution in [1.29, 1.82) is 0 Å². The molecule has 150 valence electrons. The highest BCUT2D eigenvalue weighted by atomic mass is 35.5. The van der Waals surface area contributed by atoms with Gasteiger partial charge >= 0.3 is 12.1 Å². The van der Waals surface area contributed by atoms with E-state index in [1.807, 2.05) is 24.0 Å². The van der Waals surface area contributed by atoms with Gasteiger partial charge in [0.25, 0.3) is 0 Å². The molecule has 0 aliphatic carbocycles. The third-order valence-electron chi connectivity index (χ3n) is 5.05. The van der Waals surface area contributed by atoms with Crippen LogP contribution in [0, 0.1) is 12.8 Å². The summed E-state index contributed by atoms with van der Waals surface area (Å²) in [5.74, 6) is -1.27. The zero-order valence-corrected chi connectivity index (χ0v) is 16.0. The van der Waals surface area contributed by atoms with Crippen LogP contribution in [0.25, 0.3) is 0 Å². The Kier molecular flexibility index (Phi) is 5.95. The molecule has 1 aliphatic rings. The highest BCUT2D eigenvalue weighted by molar-refractivity contribution is 6.31. The highest BCUT2D eigenvalue weighted by Crippen LogP contribution is 2.39. The van der Waals surface area contributed by atoms with Crippen molar-refractivity contribution in [1.82, 2.24) is 9.88 Å². The maximum atomic E-state index is 13.4. The Hall–Kier alpha value is -2.12. The normalized spacial score (nSPS) is 17.5. The molecule has 1 unspecified atom stereocenters. The average Bonchev–Trinajstić information content (AvgIpc) is 2.63. The molecule has 0 saturated carbocycles. The van der Waals surface area contributed by atoms with Gasteiger partial charge in [-0.05, 0) is 62.7 Å². The topological polar surface area (TPSA) is 53.4 Å². The summed E-state index contributed by atoms with van der Waals surface area (Å²) in [5, 5.41) is 8.87. The van der Waals surface area contributed by atoms with Gasteiger partial charge in [-0.2, -0.15) is 13.2 Å². The van der Waals surface area contributed by atoms with Crippen molar-refractivity contribution in [2.75, 3.05) is 13.1 Å². The number of aromatic nitrogens is 1. The summed E-state index contributed by atoms with van der Waals surface area (Å²) in [7, 11) is 0. The van der Waals surface area contributed by atoms with Crippen molar-refractivity contribution in [2.45, 2.75) is 32.0 Å². The zero-order chi connectivity index (χ0) is 20.5. The van der Waals surface area contributed by atoms with Crippen LogP contribution in [0.2, 0.25) is 5.02 Å². The van der Waals surface area contributed by atoms with Crippen LogP contribution in [0.1, 0.15) is 41.4 Å². The molecular weight excluding hydrogens is 393 g/mol. The number of pyridine rings is 1. The fraction of sp³-hybridized carbons (Fsp3) is 0.400. The number of alkyl halides is 3. The summed E-state index contributed by atoms with van der Waals surface area (Å²) in [5.41, 5.74) is 0.936. The van der Waals surface area contributed by atoms with Crippen LogP contribution in [0.15, 0.2) is 36.4 Å². The molecule has 1 saturated heterocycles. The number of rotatable bonds is 4.